The molecular weight excluding hydrogens is 674 g/mol. The number of likely N-dealkylation sites (tertiary alicyclic amines) is 2. The molecule has 0 bridgehead atoms. The number of amides is 1. The van der Waals surface area contributed by atoms with Crippen LogP contribution in [-0.2, 0) is 21.3 Å². The number of thiazole rings is 1. The highest BCUT2D eigenvalue weighted by atomic mass is 35.5. The lowest BCUT2D eigenvalue weighted by atomic mass is 9.89. The zero-order chi connectivity index (χ0) is 35.5. The second kappa shape index (κ2) is 13.3. The number of carbonyl (C=O) groups is 2. The lowest BCUT2D eigenvalue weighted by Crippen LogP contribution is -2.62. The minimum atomic E-state index is -1.18. The summed E-state index contributed by atoms with van der Waals surface area (Å²) >= 11 is 7.80. The van der Waals surface area contributed by atoms with Crippen LogP contribution in [-0.4, -0.2) is 86.4 Å². The predicted molar refractivity (Wildman–Crippen MR) is 197 cm³/mol. The first-order valence-electron chi connectivity index (χ1n) is 16.9. The molecule has 2 aromatic carbocycles. The van der Waals surface area contributed by atoms with E-state index in [0.717, 1.165) is 87.7 Å². The number of pyridine rings is 1. The Morgan fingerprint density at radius 3 is 2.40 bits per heavy atom. The fraction of sp³-hybridized carbons (Fsp3) is 0.421. The van der Waals surface area contributed by atoms with Gasteiger partial charge in [-0.05, 0) is 107 Å². The molecule has 12 heteroatoms. The molecular formula is C38H42ClN5O5S. The molecule has 10 nitrogen and oxygen atoms in total. The van der Waals surface area contributed by atoms with Gasteiger partial charge in [0.2, 0.25) is 0 Å². The molecule has 0 unspecified atom stereocenters. The third-order valence-corrected chi connectivity index (χ3v) is 11.2. The number of fused-ring (bicyclic) bond motifs is 2. The summed E-state index contributed by atoms with van der Waals surface area (Å²) in [6.07, 6.45) is 2.83. The van der Waals surface area contributed by atoms with Crippen LogP contribution < -0.4 is 0 Å². The number of carboxylic acid groups (broad SMARTS) is 1. The van der Waals surface area contributed by atoms with Gasteiger partial charge >= 0.3 is 12.1 Å². The third kappa shape index (κ3) is 6.48. The maximum absolute atomic E-state index is 12.7. The number of ether oxygens (including phenoxy) is 2. The number of aromatic nitrogens is 3. The summed E-state index contributed by atoms with van der Waals surface area (Å²) < 4.78 is 14.1. The molecule has 1 amide bonds. The van der Waals surface area contributed by atoms with Crippen LogP contribution in [0.4, 0.5) is 4.79 Å². The average Bonchev–Trinajstić information content (AvgIpc) is 3.63. The van der Waals surface area contributed by atoms with Gasteiger partial charge in [0.1, 0.15) is 5.01 Å². The molecule has 2 saturated heterocycles. The zero-order valence-electron chi connectivity index (χ0n) is 29.2. The van der Waals surface area contributed by atoms with Crippen molar-refractivity contribution in [3.8, 4) is 21.8 Å². The normalized spacial score (nSPS) is 17.0. The first-order valence-corrected chi connectivity index (χ1v) is 18.1. The molecule has 7 rings (SSSR count). The molecule has 0 spiro atoms. The molecule has 3 aromatic heterocycles. The number of nitrogens with zero attached hydrogens (tertiary/aromatic N) is 5. The van der Waals surface area contributed by atoms with E-state index in [4.69, 9.17) is 31.0 Å². The smallest absolute Gasteiger partial charge is 0.409 e. The number of rotatable bonds is 7. The van der Waals surface area contributed by atoms with Gasteiger partial charge in [-0.1, -0.05) is 23.7 Å². The van der Waals surface area contributed by atoms with Crippen molar-refractivity contribution < 1.29 is 24.2 Å². The number of halogens is 1. The number of piperidine rings is 1. The van der Waals surface area contributed by atoms with E-state index in [9.17, 15) is 14.7 Å². The van der Waals surface area contributed by atoms with Gasteiger partial charge in [-0.25, -0.2) is 19.6 Å². The number of aliphatic carboxylic acids is 1. The quantitative estimate of drug-likeness (QED) is 0.180. The molecule has 1 atom stereocenters. The van der Waals surface area contributed by atoms with E-state index >= 15 is 0 Å². The summed E-state index contributed by atoms with van der Waals surface area (Å²) in [5.41, 5.74) is 7.21. The largest absolute Gasteiger partial charge is 0.479 e. The molecule has 0 radical (unpaired) electrons. The third-order valence-electron chi connectivity index (χ3n) is 9.88. The molecule has 2 fully saturated rings. The molecule has 2 aliphatic heterocycles. The monoisotopic (exact) mass is 715 g/mol. The Balaban J connectivity index is 1.25. The zero-order valence-corrected chi connectivity index (χ0v) is 30.8. The molecule has 5 heterocycles. The number of carboxylic acids is 1. The molecule has 2 aliphatic rings. The minimum absolute atomic E-state index is 0.252. The Morgan fingerprint density at radius 1 is 1.06 bits per heavy atom. The SMILES string of the molecule is COC(=O)N1CC(N2CCC(c3cn(C)c4ccc(-c5nc6cc(C)c([C@H](OC(C)(C)C)C(=O)O)c(-c7ccc(Cl)cc7)c6s5)nc34)CC2)C1. The Morgan fingerprint density at radius 2 is 1.76 bits per heavy atom. The predicted octanol–water partition coefficient (Wildman–Crippen LogP) is 8.05. The van der Waals surface area contributed by atoms with Crippen molar-refractivity contribution in [2.24, 2.45) is 7.05 Å². The summed E-state index contributed by atoms with van der Waals surface area (Å²) in [6.45, 7) is 10.9. The molecule has 1 N–H and O–H groups in total. The van der Waals surface area contributed by atoms with Crippen LogP contribution in [0.5, 0.6) is 0 Å². The highest BCUT2D eigenvalue weighted by Gasteiger charge is 2.38. The van der Waals surface area contributed by atoms with Gasteiger partial charge in [0.25, 0.3) is 0 Å². The lowest BCUT2D eigenvalue weighted by Gasteiger charge is -2.46. The topological polar surface area (TPSA) is 110 Å². The van der Waals surface area contributed by atoms with Crippen molar-refractivity contribution >= 4 is 56.3 Å². The van der Waals surface area contributed by atoms with Crippen LogP contribution in [0.3, 0.4) is 0 Å². The second-order valence-electron chi connectivity index (χ2n) is 14.4. The van der Waals surface area contributed by atoms with Crippen molar-refractivity contribution in [2.45, 2.75) is 64.2 Å². The number of carbonyl (C=O) groups excluding carboxylic acids is 1. The number of hydrogen-bond acceptors (Lipinski definition) is 8. The molecule has 50 heavy (non-hydrogen) atoms. The van der Waals surface area contributed by atoms with Crippen LogP contribution in [0, 0.1) is 6.92 Å². The Labute approximate surface area is 300 Å². The van der Waals surface area contributed by atoms with E-state index in [1.807, 2.05) is 64.1 Å². The van der Waals surface area contributed by atoms with E-state index < -0.39 is 17.7 Å². The fourth-order valence-corrected chi connectivity index (χ4v) is 8.61. The van der Waals surface area contributed by atoms with Crippen molar-refractivity contribution in [3.63, 3.8) is 0 Å². The van der Waals surface area contributed by atoms with E-state index in [1.54, 1.807) is 4.90 Å². The van der Waals surface area contributed by atoms with E-state index in [-0.39, 0.29) is 6.09 Å². The van der Waals surface area contributed by atoms with Crippen molar-refractivity contribution in [1.29, 1.82) is 0 Å². The average molecular weight is 716 g/mol. The van der Waals surface area contributed by atoms with Crippen LogP contribution >= 0.6 is 22.9 Å². The molecule has 262 valence electrons. The number of hydrogen-bond donors (Lipinski definition) is 1. The van der Waals surface area contributed by atoms with E-state index in [2.05, 4.69) is 28.8 Å². The van der Waals surface area contributed by atoms with Crippen LogP contribution in [0.15, 0.2) is 48.7 Å². The Bertz CT molecular complexity index is 2090. The van der Waals surface area contributed by atoms with Gasteiger partial charge in [-0.15, -0.1) is 11.3 Å². The molecule has 0 aliphatic carbocycles. The van der Waals surface area contributed by atoms with Crippen molar-refractivity contribution in [2.75, 3.05) is 33.3 Å². The standard InChI is InChI=1S/C38H42ClN5O5S/c1-21-17-28-34(31(23-7-9-24(39)10-8-23)30(21)33(36(45)46)49-38(2,3)4)50-35(41-28)27-11-12-29-32(40-27)26(20-42(29)5)22-13-15-43(16-14-22)25-18-44(19-25)37(47)48-6/h7-12,17,20,22,25,33H,13-16,18-19H2,1-6H3,(H,45,46)/t33-/m0/s1. The van der Waals surface area contributed by atoms with Crippen LogP contribution in [0.25, 0.3) is 43.1 Å². The first kappa shape index (κ1) is 34.4. The Hall–Kier alpha value is -4.03. The van der Waals surface area contributed by atoms with Gasteiger partial charge in [0.05, 0.1) is 39.7 Å². The highest BCUT2D eigenvalue weighted by molar-refractivity contribution is 7.22. The highest BCUT2D eigenvalue weighted by Crippen LogP contribution is 2.45. The minimum Gasteiger partial charge on any atom is -0.479 e. The lowest BCUT2D eigenvalue weighted by molar-refractivity contribution is -0.160. The summed E-state index contributed by atoms with van der Waals surface area (Å²) in [4.78, 5) is 39.2. The summed E-state index contributed by atoms with van der Waals surface area (Å²) in [5.74, 6) is -0.671. The Kier molecular flexibility index (Phi) is 9.13. The van der Waals surface area contributed by atoms with Crippen LogP contribution in [0.2, 0.25) is 5.02 Å². The van der Waals surface area contributed by atoms with Gasteiger partial charge in [0, 0.05) is 48.5 Å². The van der Waals surface area contributed by atoms with Gasteiger partial charge < -0.3 is 24.0 Å². The van der Waals surface area contributed by atoms with Gasteiger partial charge in [-0.2, -0.15) is 0 Å². The summed E-state index contributed by atoms with van der Waals surface area (Å²) in [6, 6.07) is 14.0. The second-order valence-corrected chi connectivity index (χ2v) is 15.8. The van der Waals surface area contributed by atoms with Crippen molar-refractivity contribution in [1.82, 2.24) is 24.3 Å². The first-order chi connectivity index (χ1) is 23.8. The van der Waals surface area contributed by atoms with E-state index in [0.29, 0.717) is 22.5 Å². The maximum Gasteiger partial charge on any atom is 0.409 e. The van der Waals surface area contributed by atoms with Crippen molar-refractivity contribution in [3.05, 3.63) is 70.4 Å². The molecule has 0 saturated carbocycles. The number of benzene rings is 2. The summed E-state index contributed by atoms with van der Waals surface area (Å²) in [5, 5.41) is 11.8. The fourth-order valence-electron chi connectivity index (χ4n) is 7.39. The summed E-state index contributed by atoms with van der Waals surface area (Å²) in [7, 11) is 3.49. The van der Waals surface area contributed by atoms with Gasteiger partial charge in [0.15, 0.2) is 6.10 Å². The van der Waals surface area contributed by atoms with E-state index in [1.165, 1.54) is 24.0 Å². The van der Waals surface area contributed by atoms with Crippen LogP contribution in [0.1, 0.15) is 62.3 Å². The maximum atomic E-state index is 12.7. The van der Waals surface area contributed by atoms with Gasteiger partial charge in [-0.3, -0.25) is 4.90 Å². The number of methoxy groups -OCH3 is 1. The number of aryl methyl sites for hydroxylation is 2. The molecule has 5 aromatic rings.